The van der Waals surface area contributed by atoms with E-state index in [1.54, 1.807) is 44.4 Å². The van der Waals surface area contributed by atoms with Gasteiger partial charge in [0.2, 0.25) is 5.95 Å². The van der Waals surface area contributed by atoms with Crippen LogP contribution in [0.2, 0.25) is 0 Å². The zero-order valence-electron chi connectivity index (χ0n) is 18.1. The number of aromatic nitrogens is 6. The number of carbonyl (C=O) groups is 1. The number of rotatable bonds is 5. The predicted octanol–water partition coefficient (Wildman–Crippen LogP) is 3.00. The molecule has 3 aromatic heterocycles. The topological polar surface area (TPSA) is 120 Å². The molecule has 2 aromatic carbocycles. The van der Waals surface area contributed by atoms with Crippen LogP contribution in [-0.4, -0.2) is 42.5 Å². The van der Waals surface area contributed by atoms with Gasteiger partial charge in [0.1, 0.15) is 22.8 Å². The molecule has 11 heteroatoms. The second kappa shape index (κ2) is 8.28. The Balaban J connectivity index is 1.55. The highest BCUT2D eigenvalue weighted by Gasteiger charge is 2.17. The maximum Gasteiger partial charge on any atom is 0.263 e. The summed E-state index contributed by atoms with van der Waals surface area (Å²) in [6.07, 6.45) is 1.38. The number of nitrogens with one attached hydrogen (secondary N) is 2. The molecule has 34 heavy (non-hydrogen) atoms. The molecule has 0 saturated heterocycles. The highest BCUT2D eigenvalue weighted by Crippen LogP contribution is 2.19. The summed E-state index contributed by atoms with van der Waals surface area (Å²) in [5, 5.41) is 11.6. The van der Waals surface area contributed by atoms with Gasteiger partial charge in [-0.3, -0.25) is 14.6 Å². The van der Waals surface area contributed by atoms with Gasteiger partial charge in [-0.1, -0.05) is 0 Å². The number of H-pyrrole nitrogens is 1. The SMILES string of the molecule is COc1ccc(C(=O)Nc2cc(C)nn2-c2nc3c(cnn3-c3ccc(F)cc3)c(=O)[nH]2)cc1. The second-order valence-corrected chi connectivity index (χ2v) is 7.42. The third kappa shape index (κ3) is 3.79. The van der Waals surface area contributed by atoms with Gasteiger partial charge in [0.05, 0.1) is 24.7 Å². The lowest BCUT2D eigenvalue weighted by molar-refractivity contribution is 0.102. The van der Waals surface area contributed by atoms with E-state index < -0.39 is 11.4 Å². The quantitative estimate of drug-likeness (QED) is 0.417. The number of nitrogens with zero attached hydrogens (tertiary/aromatic N) is 5. The average molecular weight is 459 g/mol. The Hall–Kier alpha value is -4.80. The molecule has 5 rings (SSSR count). The first-order valence-electron chi connectivity index (χ1n) is 10.2. The zero-order chi connectivity index (χ0) is 23.8. The van der Waals surface area contributed by atoms with Crippen LogP contribution in [0.4, 0.5) is 10.2 Å². The maximum atomic E-state index is 13.4. The summed E-state index contributed by atoms with van der Waals surface area (Å²) in [5.41, 5.74) is 1.36. The third-order valence-electron chi connectivity index (χ3n) is 5.12. The van der Waals surface area contributed by atoms with Gasteiger partial charge in [0.25, 0.3) is 11.5 Å². The van der Waals surface area contributed by atoms with Crippen molar-refractivity contribution < 1.29 is 13.9 Å². The molecular weight excluding hydrogens is 441 g/mol. The van der Waals surface area contributed by atoms with Crippen molar-refractivity contribution >= 4 is 22.8 Å². The fraction of sp³-hybridized carbons (Fsp3) is 0.0870. The zero-order valence-corrected chi connectivity index (χ0v) is 18.1. The van der Waals surface area contributed by atoms with E-state index in [0.29, 0.717) is 28.5 Å². The van der Waals surface area contributed by atoms with Crippen molar-refractivity contribution in [2.45, 2.75) is 6.92 Å². The largest absolute Gasteiger partial charge is 0.497 e. The molecule has 0 radical (unpaired) electrons. The summed E-state index contributed by atoms with van der Waals surface area (Å²) < 4.78 is 21.2. The summed E-state index contributed by atoms with van der Waals surface area (Å²) in [6.45, 7) is 1.75. The Morgan fingerprint density at radius 2 is 1.82 bits per heavy atom. The summed E-state index contributed by atoms with van der Waals surface area (Å²) >= 11 is 0. The van der Waals surface area contributed by atoms with E-state index >= 15 is 0 Å². The molecule has 0 fully saturated rings. The number of carbonyl (C=O) groups excluding carboxylic acids is 1. The van der Waals surface area contributed by atoms with Crippen LogP contribution in [-0.2, 0) is 0 Å². The van der Waals surface area contributed by atoms with Crippen LogP contribution in [0.3, 0.4) is 0 Å². The van der Waals surface area contributed by atoms with Gasteiger partial charge in [0, 0.05) is 11.6 Å². The van der Waals surface area contributed by atoms with Crippen molar-refractivity contribution in [3.05, 3.63) is 88.2 Å². The third-order valence-corrected chi connectivity index (χ3v) is 5.12. The van der Waals surface area contributed by atoms with E-state index in [0.717, 1.165) is 0 Å². The Labute approximate surface area is 191 Å². The summed E-state index contributed by atoms with van der Waals surface area (Å²) in [6, 6.07) is 13.9. The van der Waals surface area contributed by atoms with E-state index in [1.807, 2.05) is 0 Å². The number of ether oxygens (including phenoxy) is 1. The number of anilines is 1. The van der Waals surface area contributed by atoms with Gasteiger partial charge in [-0.05, 0) is 55.5 Å². The first kappa shape index (κ1) is 21.1. The standard InChI is InChI=1S/C23H18FN7O3/c1-13-11-19(26-21(32)14-3-9-17(34-2)10-4-14)31(29-13)23-27-20-18(22(33)28-23)12-25-30(20)16-7-5-15(24)6-8-16/h3-12H,1-2H3,(H,26,32)(H,27,28,33). The summed E-state index contributed by atoms with van der Waals surface area (Å²) in [4.78, 5) is 32.7. The van der Waals surface area contributed by atoms with Gasteiger partial charge in [-0.25, -0.2) is 9.07 Å². The molecule has 0 aliphatic heterocycles. The van der Waals surface area contributed by atoms with Gasteiger partial charge in [-0.15, -0.1) is 0 Å². The summed E-state index contributed by atoms with van der Waals surface area (Å²) in [5.74, 6) is 0.262. The van der Waals surface area contributed by atoms with E-state index in [9.17, 15) is 14.0 Å². The average Bonchev–Trinajstić information content (AvgIpc) is 3.43. The maximum absolute atomic E-state index is 13.4. The van der Waals surface area contributed by atoms with Gasteiger partial charge in [0.15, 0.2) is 5.65 Å². The minimum absolute atomic E-state index is 0.0829. The van der Waals surface area contributed by atoms with E-state index in [4.69, 9.17) is 4.74 Å². The number of hydrogen-bond acceptors (Lipinski definition) is 6. The van der Waals surface area contributed by atoms with Gasteiger partial charge < -0.3 is 10.1 Å². The number of aryl methyl sites for hydroxylation is 1. The summed E-state index contributed by atoms with van der Waals surface area (Å²) in [7, 11) is 1.54. The highest BCUT2D eigenvalue weighted by atomic mass is 19.1. The molecule has 0 aliphatic rings. The van der Waals surface area contributed by atoms with Crippen LogP contribution in [0.15, 0.2) is 65.6 Å². The van der Waals surface area contributed by atoms with Crippen LogP contribution >= 0.6 is 0 Å². The Bertz CT molecular complexity index is 1570. The van der Waals surface area contributed by atoms with E-state index in [2.05, 4.69) is 25.5 Å². The van der Waals surface area contributed by atoms with Gasteiger partial charge in [-0.2, -0.15) is 19.9 Å². The molecule has 0 atom stereocenters. The second-order valence-electron chi connectivity index (χ2n) is 7.42. The van der Waals surface area contributed by atoms with Crippen molar-refractivity contribution in [2.24, 2.45) is 0 Å². The van der Waals surface area contributed by atoms with Crippen LogP contribution in [0.5, 0.6) is 5.75 Å². The minimum atomic E-state index is -0.436. The fourth-order valence-corrected chi connectivity index (χ4v) is 3.46. The molecule has 10 nitrogen and oxygen atoms in total. The Kier molecular flexibility index (Phi) is 5.13. The number of aromatic amines is 1. The molecule has 0 saturated carbocycles. The number of benzene rings is 2. The lowest BCUT2D eigenvalue weighted by Gasteiger charge is -2.09. The molecule has 1 amide bonds. The number of fused-ring (bicyclic) bond motifs is 1. The fourth-order valence-electron chi connectivity index (χ4n) is 3.46. The van der Waals surface area contributed by atoms with Crippen molar-refractivity contribution in [1.82, 2.24) is 29.5 Å². The van der Waals surface area contributed by atoms with Crippen molar-refractivity contribution in [2.75, 3.05) is 12.4 Å². The smallest absolute Gasteiger partial charge is 0.263 e. The predicted molar refractivity (Wildman–Crippen MR) is 122 cm³/mol. The first-order chi connectivity index (χ1) is 16.4. The van der Waals surface area contributed by atoms with E-state index in [1.165, 1.54) is 39.8 Å². The molecule has 3 heterocycles. The minimum Gasteiger partial charge on any atom is -0.497 e. The molecule has 0 bridgehead atoms. The molecule has 2 N–H and O–H groups in total. The monoisotopic (exact) mass is 459 g/mol. The Morgan fingerprint density at radius 3 is 2.53 bits per heavy atom. The van der Waals surface area contributed by atoms with Crippen LogP contribution < -0.4 is 15.6 Å². The first-order valence-corrected chi connectivity index (χ1v) is 10.2. The molecule has 0 spiro atoms. The van der Waals surface area contributed by atoms with E-state index in [-0.39, 0.29) is 22.9 Å². The molecule has 170 valence electrons. The van der Waals surface area contributed by atoms with Crippen LogP contribution in [0.25, 0.3) is 22.7 Å². The lowest BCUT2D eigenvalue weighted by atomic mass is 10.2. The number of methoxy groups -OCH3 is 1. The number of halogens is 1. The number of amides is 1. The lowest BCUT2D eigenvalue weighted by Crippen LogP contribution is -2.19. The molecule has 5 aromatic rings. The molecular formula is C23H18FN7O3. The normalized spacial score (nSPS) is 11.0. The number of hydrogen-bond donors (Lipinski definition) is 2. The highest BCUT2D eigenvalue weighted by molar-refractivity contribution is 6.04. The van der Waals surface area contributed by atoms with Crippen LogP contribution in [0, 0.1) is 12.7 Å². The van der Waals surface area contributed by atoms with Crippen molar-refractivity contribution in [3.63, 3.8) is 0 Å². The van der Waals surface area contributed by atoms with Crippen molar-refractivity contribution in [3.8, 4) is 17.4 Å². The van der Waals surface area contributed by atoms with Crippen molar-refractivity contribution in [1.29, 1.82) is 0 Å². The Morgan fingerprint density at radius 1 is 1.09 bits per heavy atom. The molecule has 0 unspecified atom stereocenters. The van der Waals surface area contributed by atoms with Crippen LogP contribution in [0.1, 0.15) is 16.1 Å². The van der Waals surface area contributed by atoms with Gasteiger partial charge >= 0.3 is 0 Å². The molecule has 0 aliphatic carbocycles.